The van der Waals surface area contributed by atoms with Crippen LogP contribution in [0.1, 0.15) is 17.7 Å². The van der Waals surface area contributed by atoms with E-state index in [1.165, 1.54) is 60.6 Å². The molecule has 4 aromatic heterocycles. The van der Waals surface area contributed by atoms with E-state index in [0.717, 1.165) is 57.4 Å². The topological polar surface area (TPSA) is 27.2 Å². The molecule has 4 heterocycles. The van der Waals surface area contributed by atoms with Crippen molar-refractivity contribution in [3.8, 4) is 33.8 Å². The number of aromatic nitrogens is 4. The van der Waals surface area contributed by atoms with Crippen molar-refractivity contribution in [2.45, 2.75) is 12.8 Å². The number of pyridine rings is 1. The Morgan fingerprint density at radius 1 is 0.455 bits per heavy atom. The van der Waals surface area contributed by atoms with E-state index in [9.17, 15) is 0 Å². The zero-order valence-corrected chi connectivity index (χ0v) is 30.0. The summed E-state index contributed by atoms with van der Waals surface area (Å²) in [5.74, 6) is 0. The SMILES string of the molecule is C1=Cc2c(n(-c3ccc(-c4cc5ccccc5c5nc6ccc(-c7ccc(-n8c9ccccc9c9ccccc98)cc7)cc6n45)cc3)c3ccccc23)CC1. The molecule has 11 aromatic rings. The van der Waals surface area contributed by atoms with Crippen LogP contribution in [0.2, 0.25) is 0 Å². The monoisotopic (exact) mass is 702 g/mol. The molecule has 258 valence electrons. The average Bonchev–Trinajstić information content (AvgIpc) is 3.92. The standard InChI is InChI=1S/C51H34N4/c1-2-12-39-36(11-1)32-49(34-23-28-38(29-24-34)54-47-19-9-5-15-42(47)43-16-6-10-20-48(43)54)55-50-31-35(25-30-44(50)52-51(39)55)33-21-26-37(27-22-33)53-45-17-7-3-13-40(45)41-14-4-8-18-46(41)53/h1-9,11-19,21-32H,10,20H2. The highest BCUT2D eigenvalue weighted by Crippen LogP contribution is 2.38. The summed E-state index contributed by atoms with van der Waals surface area (Å²) >= 11 is 0. The Labute approximate surface area is 317 Å². The molecule has 0 saturated carbocycles. The van der Waals surface area contributed by atoms with Crippen molar-refractivity contribution < 1.29 is 0 Å². The van der Waals surface area contributed by atoms with Crippen molar-refractivity contribution in [3.05, 3.63) is 187 Å². The molecule has 0 fully saturated rings. The molecule has 1 aliphatic carbocycles. The summed E-state index contributed by atoms with van der Waals surface area (Å²) in [5, 5.41) is 6.19. The molecule has 0 bridgehead atoms. The zero-order valence-electron chi connectivity index (χ0n) is 30.0. The maximum absolute atomic E-state index is 5.26. The van der Waals surface area contributed by atoms with Crippen molar-refractivity contribution in [1.82, 2.24) is 18.5 Å². The predicted molar refractivity (Wildman–Crippen MR) is 230 cm³/mol. The highest BCUT2D eigenvalue weighted by Gasteiger charge is 2.20. The van der Waals surface area contributed by atoms with E-state index in [4.69, 9.17) is 4.98 Å². The molecule has 12 rings (SSSR count). The van der Waals surface area contributed by atoms with E-state index in [2.05, 4.69) is 196 Å². The number of benzene rings is 7. The van der Waals surface area contributed by atoms with Crippen molar-refractivity contribution in [1.29, 1.82) is 0 Å². The van der Waals surface area contributed by atoms with E-state index in [-0.39, 0.29) is 0 Å². The molecule has 0 radical (unpaired) electrons. The van der Waals surface area contributed by atoms with Crippen molar-refractivity contribution in [2.75, 3.05) is 0 Å². The van der Waals surface area contributed by atoms with Crippen LogP contribution in [0, 0.1) is 0 Å². The molecule has 0 aliphatic heterocycles. The van der Waals surface area contributed by atoms with Crippen molar-refractivity contribution in [3.63, 3.8) is 0 Å². The Bertz CT molecular complexity index is 3300. The molecule has 0 spiro atoms. The van der Waals surface area contributed by atoms with Gasteiger partial charge in [0.05, 0.1) is 33.3 Å². The lowest BCUT2D eigenvalue weighted by Gasteiger charge is -2.15. The molecule has 0 amide bonds. The minimum absolute atomic E-state index is 0.975. The number of hydrogen-bond donors (Lipinski definition) is 0. The van der Waals surface area contributed by atoms with Gasteiger partial charge in [-0.3, -0.25) is 4.40 Å². The first-order chi connectivity index (χ1) is 27.3. The Morgan fingerprint density at radius 3 is 1.76 bits per heavy atom. The van der Waals surface area contributed by atoms with Crippen molar-refractivity contribution >= 4 is 66.2 Å². The molecule has 0 unspecified atom stereocenters. The van der Waals surface area contributed by atoms with Gasteiger partial charge < -0.3 is 9.13 Å². The third-order valence-corrected chi connectivity index (χ3v) is 11.7. The average molecular weight is 703 g/mol. The van der Waals surface area contributed by atoms with Gasteiger partial charge in [-0.25, -0.2) is 4.98 Å². The maximum Gasteiger partial charge on any atom is 0.146 e. The number of rotatable bonds is 4. The van der Waals surface area contributed by atoms with Crippen LogP contribution in [0.3, 0.4) is 0 Å². The number of hydrogen-bond acceptors (Lipinski definition) is 1. The molecule has 0 atom stereocenters. The van der Waals surface area contributed by atoms with Crippen LogP contribution in [0.15, 0.2) is 176 Å². The van der Waals surface area contributed by atoms with Crippen LogP contribution in [0.4, 0.5) is 0 Å². The second kappa shape index (κ2) is 11.7. The fourth-order valence-corrected chi connectivity index (χ4v) is 9.18. The van der Waals surface area contributed by atoms with Gasteiger partial charge in [-0.15, -0.1) is 0 Å². The minimum Gasteiger partial charge on any atom is -0.313 e. The summed E-state index contributed by atoms with van der Waals surface area (Å²) in [6.45, 7) is 0. The van der Waals surface area contributed by atoms with Gasteiger partial charge in [-0.1, -0.05) is 121 Å². The molecule has 4 heteroatoms. The quantitative estimate of drug-likeness (QED) is 0.179. The lowest BCUT2D eigenvalue weighted by Crippen LogP contribution is -2.03. The smallest absolute Gasteiger partial charge is 0.146 e. The Hall–Kier alpha value is -7.17. The summed E-state index contributed by atoms with van der Waals surface area (Å²) in [7, 11) is 0. The third-order valence-electron chi connectivity index (χ3n) is 11.7. The molecule has 1 aliphatic rings. The molecule has 55 heavy (non-hydrogen) atoms. The lowest BCUT2D eigenvalue weighted by molar-refractivity contribution is 0.888. The summed E-state index contributed by atoms with van der Waals surface area (Å²) < 4.78 is 7.19. The molecular weight excluding hydrogens is 669 g/mol. The molecule has 0 saturated heterocycles. The Balaban J connectivity index is 0.995. The third kappa shape index (κ3) is 4.49. The van der Waals surface area contributed by atoms with Gasteiger partial charge >= 0.3 is 0 Å². The van der Waals surface area contributed by atoms with E-state index in [1.807, 2.05) is 0 Å². The Morgan fingerprint density at radius 2 is 1.04 bits per heavy atom. The van der Waals surface area contributed by atoms with E-state index < -0.39 is 0 Å². The first-order valence-electron chi connectivity index (χ1n) is 19.1. The van der Waals surface area contributed by atoms with Crippen LogP contribution < -0.4 is 0 Å². The van der Waals surface area contributed by atoms with Crippen LogP contribution in [-0.4, -0.2) is 18.5 Å². The van der Waals surface area contributed by atoms with Crippen LogP contribution >= 0.6 is 0 Å². The van der Waals surface area contributed by atoms with E-state index >= 15 is 0 Å². The fourth-order valence-electron chi connectivity index (χ4n) is 9.18. The first-order valence-corrected chi connectivity index (χ1v) is 19.1. The summed E-state index contributed by atoms with van der Waals surface area (Å²) in [6.07, 6.45) is 6.71. The summed E-state index contributed by atoms with van der Waals surface area (Å²) in [6, 6.07) is 61.9. The van der Waals surface area contributed by atoms with Gasteiger partial charge in [0.25, 0.3) is 0 Å². The largest absolute Gasteiger partial charge is 0.313 e. The number of allylic oxidation sites excluding steroid dienone is 1. The van der Waals surface area contributed by atoms with Gasteiger partial charge in [0.1, 0.15) is 5.65 Å². The normalized spacial score (nSPS) is 12.9. The lowest BCUT2D eigenvalue weighted by atomic mass is 10.0. The van der Waals surface area contributed by atoms with Gasteiger partial charge in [0, 0.05) is 44.2 Å². The van der Waals surface area contributed by atoms with Crippen LogP contribution in [0.25, 0.3) is 100.0 Å². The van der Waals surface area contributed by atoms with Crippen molar-refractivity contribution in [2.24, 2.45) is 0 Å². The molecular formula is C51H34N4. The zero-order chi connectivity index (χ0) is 36.0. The number of fused-ring (bicyclic) bond motifs is 11. The number of para-hydroxylation sites is 3. The number of nitrogens with zero attached hydrogens (tertiary/aromatic N) is 4. The van der Waals surface area contributed by atoms with E-state index in [0.29, 0.717) is 0 Å². The predicted octanol–water partition coefficient (Wildman–Crippen LogP) is 13.0. The molecule has 7 aromatic carbocycles. The fraction of sp³-hybridized carbons (Fsp3) is 0.0392. The maximum atomic E-state index is 5.26. The molecule has 0 N–H and O–H groups in total. The van der Waals surface area contributed by atoms with Crippen LogP contribution in [-0.2, 0) is 6.42 Å². The first kappa shape index (κ1) is 30.3. The summed E-state index contributed by atoms with van der Waals surface area (Å²) in [5.41, 5.74) is 16.5. The summed E-state index contributed by atoms with van der Waals surface area (Å²) in [4.78, 5) is 5.26. The van der Waals surface area contributed by atoms with Gasteiger partial charge in [-0.2, -0.15) is 0 Å². The highest BCUT2D eigenvalue weighted by atomic mass is 15.0. The number of imidazole rings is 1. The van der Waals surface area contributed by atoms with E-state index in [1.54, 1.807) is 0 Å². The minimum atomic E-state index is 0.975. The van der Waals surface area contributed by atoms with Gasteiger partial charge in [0.2, 0.25) is 0 Å². The van der Waals surface area contributed by atoms with Crippen LogP contribution in [0.5, 0.6) is 0 Å². The molecule has 4 nitrogen and oxygen atoms in total. The Kier molecular flexibility index (Phi) is 6.43. The van der Waals surface area contributed by atoms with Gasteiger partial charge in [0.15, 0.2) is 0 Å². The second-order valence-corrected chi connectivity index (χ2v) is 14.7. The highest BCUT2D eigenvalue weighted by molar-refractivity contribution is 6.09. The second-order valence-electron chi connectivity index (χ2n) is 14.7. The van der Waals surface area contributed by atoms with Gasteiger partial charge in [-0.05, 0) is 95.6 Å².